The van der Waals surface area contributed by atoms with Gasteiger partial charge in [-0.25, -0.2) is 0 Å². The Balaban J connectivity index is 1.52. The van der Waals surface area contributed by atoms with Gasteiger partial charge in [-0.3, -0.25) is 0 Å². The fourth-order valence-corrected chi connectivity index (χ4v) is 6.35. The summed E-state index contributed by atoms with van der Waals surface area (Å²) in [5.74, 6) is 2.53. The van der Waals surface area contributed by atoms with Crippen LogP contribution in [0.5, 0.6) is 11.5 Å². The average molecular weight is 495 g/mol. The monoisotopic (exact) mass is 496 g/mol. The zero-order valence-corrected chi connectivity index (χ0v) is 19.8. The molecule has 5 rings (SSSR count). The van der Waals surface area contributed by atoms with Crippen LogP contribution in [0.1, 0.15) is 30.4 Å². The Bertz CT molecular complexity index is 1380. The van der Waals surface area contributed by atoms with E-state index in [9.17, 15) is 10.5 Å². The molecule has 0 bridgehead atoms. The summed E-state index contributed by atoms with van der Waals surface area (Å²) in [6.07, 6.45) is 11.5. The van der Waals surface area contributed by atoms with E-state index in [1.54, 1.807) is 7.11 Å². The molecule has 0 fully saturated rings. The molecule has 2 aromatic rings. The molecule has 0 saturated carbocycles. The van der Waals surface area contributed by atoms with Crippen LogP contribution >= 0.6 is 0 Å². The Morgan fingerprint density at radius 1 is 1.06 bits per heavy atom. The first-order valence-electron chi connectivity index (χ1n) is 10.7. The molecule has 0 saturated heterocycles. The molecular weight excluding hydrogens is 475 g/mol. The molecule has 5 heteroatoms. The van der Waals surface area contributed by atoms with Gasteiger partial charge in [-0.05, 0) is 0 Å². The standard InChI is InChI=1S/C28H20N2O2Se/c1-31-22-11-9-19-13-20-6-4-5-18(28(20)32-26(19)14-22)10-12-23-15-25(21(16-29)17-30)24-7-2-3-8-27(24)33-23/h2-3,7-15H,4-6H2,1H3/b12-10+. The van der Waals surface area contributed by atoms with E-state index in [0.29, 0.717) is 5.57 Å². The predicted octanol–water partition coefficient (Wildman–Crippen LogP) is 5.19. The number of hydrogen-bond donors (Lipinski definition) is 0. The molecule has 2 heterocycles. The number of nitrogens with zero attached hydrogens (tertiary/aromatic N) is 2. The van der Waals surface area contributed by atoms with Crippen molar-refractivity contribution >= 4 is 31.1 Å². The molecule has 2 aromatic carbocycles. The summed E-state index contributed by atoms with van der Waals surface area (Å²) in [5, 5.41) is 18.9. The molecule has 1 aliphatic carbocycles. The van der Waals surface area contributed by atoms with Crippen molar-refractivity contribution in [3.05, 3.63) is 98.8 Å². The average Bonchev–Trinajstić information content (AvgIpc) is 2.86. The summed E-state index contributed by atoms with van der Waals surface area (Å²) in [6.45, 7) is 0. The van der Waals surface area contributed by atoms with E-state index in [-0.39, 0.29) is 20.5 Å². The summed E-state index contributed by atoms with van der Waals surface area (Å²) in [7, 11) is 1.66. The Morgan fingerprint density at radius 2 is 1.91 bits per heavy atom. The van der Waals surface area contributed by atoms with Gasteiger partial charge in [0.2, 0.25) is 0 Å². The predicted molar refractivity (Wildman–Crippen MR) is 130 cm³/mol. The quantitative estimate of drug-likeness (QED) is 0.434. The van der Waals surface area contributed by atoms with Crippen molar-refractivity contribution in [2.75, 3.05) is 7.11 Å². The SMILES string of the molecule is COc1ccc2c(c1)OC1=C(/C=C/C3=CC(=C(C#N)C#N)c4ccccc4[Se]3)CCCC1=C2. The summed E-state index contributed by atoms with van der Waals surface area (Å²) in [4.78, 5) is 0. The summed E-state index contributed by atoms with van der Waals surface area (Å²) >= 11 is 0.0958. The van der Waals surface area contributed by atoms with Crippen molar-refractivity contribution in [1.82, 2.24) is 0 Å². The number of fused-ring (bicyclic) bond motifs is 3. The van der Waals surface area contributed by atoms with Crippen LogP contribution in [-0.4, -0.2) is 22.1 Å². The van der Waals surface area contributed by atoms with Gasteiger partial charge in [0.05, 0.1) is 0 Å². The van der Waals surface area contributed by atoms with Gasteiger partial charge < -0.3 is 0 Å². The van der Waals surface area contributed by atoms with Crippen LogP contribution in [0.3, 0.4) is 0 Å². The molecule has 0 atom stereocenters. The van der Waals surface area contributed by atoms with Crippen molar-refractivity contribution in [2.24, 2.45) is 0 Å². The molecule has 4 nitrogen and oxygen atoms in total. The number of hydrogen-bond acceptors (Lipinski definition) is 4. The number of benzene rings is 2. The van der Waals surface area contributed by atoms with Gasteiger partial charge in [-0.1, -0.05) is 0 Å². The first-order chi connectivity index (χ1) is 16.2. The van der Waals surface area contributed by atoms with Gasteiger partial charge in [0.1, 0.15) is 0 Å². The minimum absolute atomic E-state index is 0.0958. The summed E-state index contributed by atoms with van der Waals surface area (Å²) < 4.78 is 14.0. The maximum atomic E-state index is 9.46. The van der Waals surface area contributed by atoms with E-state index < -0.39 is 0 Å². The maximum absolute atomic E-state index is 9.46. The van der Waals surface area contributed by atoms with Crippen molar-refractivity contribution in [2.45, 2.75) is 19.3 Å². The first-order valence-corrected chi connectivity index (χ1v) is 12.4. The van der Waals surface area contributed by atoms with Crippen LogP contribution in [-0.2, 0) is 0 Å². The Kier molecular flexibility index (Phi) is 5.76. The molecule has 0 amide bonds. The van der Waals surface area contributed by atoms with E-state index in [1.165, 1.54) is 15.6 Å². The van der Waals surface area contributed by atoms with E-state index in [0.717, 1.165) is 52.1 Å². The number of ether oxygens (including phenoxy) is 2. The second-order valence-electron chi connectivity index (χ2n) is 7.87. The third kappa shape index (κ3) is 4.06. The van der Waals surface area contributed by atoms with E-state index in [4.69, 9.17) is 9.47 Å². The van der Waals surface area contributed by atoms with Gasteiger partial charge in [0.15, 0.2) is 0 Å². The molecule has 0 radical (unpaired) electrons. The molecule has 0 spiro atoms. The van der Waals surface area contributed by atoms with Gasteiger partial charge in [-0.15, -0.1) is 0 Å². The third-order valence-corrected chi connectivity index (χ3v) is 8.11. The van der Waals surface area contributed by atoms with Crippen LogP contribution < -0.4 is 13.9 Å². The Hall–Kier alpha value is -3.76. The summed E-state index contributed by atoms with van der Waals surface area (Å²) in [5.41, 5.74) is 5.31. The van der Waals surface area contributed by atoms with E-state index in [2.05, 4.69) is 36.4 Å². The van der Waals surface area contributed by atoms with Crippen LogP contribution in [0, 0.1) is 22.7 Å². The fraction of sp³-hybridized carbons (Fsp3) is 0.143. The van der Waals surface area contributed by atoms with Crippen LogP contribution in [0.4, 0.5) is 0 Å². The molecule has 3 aliphatic rings. The second kappa shape index (κ2) is 9.00. The van der Waals surface area contributed by atoms with Crippen molar-refractivity contribution in [3.63, 3.8) is 0 Å². The Morgan fingerprint density at radius 3 is 2.73 bits per heavy atom. The van der Waals surface area contributed by atoms with Crippen LogP contribution in [0.15, 0.2) is 87.6 Å². The normalized spacial score (nSPS) is 16.4. The van der Waals surface area contributed by atoms with Gasteiger partial charge in [0, 0.05) is 0 Å². The van der Waals surface area contributed by atoms with Gasteiger partial charge >= 0.3 is 200 Å². The number of rotatable bonds is 3. The Labute approximate surface area is 199 Å². The van der Waals surface area contributed by atoms with Crippen molar-refractivity contribution in [3.8, 4) is 23.6 Å². The number of nitriles is 2. The fourth-order valence-electron chi connectivity index (χ4n) is 4.25. The number of methoxy groups -OCH3 is 1. The van der Waals surface area contributed by atoms with Crippen LogP contribution in [0.25, 0.3) is 11.6 Å². The third-order valence-electron chi connectivity index (χ3n) is 5.87. The van der Waals surface area contributed by atoms with Crippen LogP contribution in [0.2, 0.25) is 0 Å². The molecule has 33 heavy (non-hydrogen) atoms. The van der Waals surface area contributed by atoms with Gasteiger partial charge in [-0.2, -0.15) is 0 Å². The first kappa shape index (κ1) is 21.1. The molecule has 0 unspecified atom stereocenters. The zero-order chi connectivity index (χ0) is 22.8. The molecular formula is C28H20N2O2Se. The summed E-state index contributed by atoms with van der Waals surface area (Å²) in [6, 6.07) is 18.1. The zero-order valence-electron chi connectivity index (χ0n) is 18.1. The van der Waals surface area contributed by atoms with E-state index >= 15 is 0 Å². The van der Waals surface area contributed by atoms with Crippen molar-refractivity contribution in [1.29, 1.82) is 10.5 Å². The molecule has 0 N–H and O–H groups in total. The van der Waals surface area contributed by atoms with E-state index in [1.807, 2.05) is 42.5 Å². The topological polar surface area (TPSA) is 66.0 Å². The molecule has 160 valence electrons. The molecule has 0 aromatic heterocycles. The number of allylic oxidation sites excluding steroid dienone is 8. The van der Waals surface area contributed by atoms with Gasteiger partial charge in [0.25, 0.3) is 0 Å². The van der Waals surface area contributed by atoms with Crippen molar-refractivity contribution < 1.29 is 9.47 Å². The second-order valence-corrected chi connectivity index (χ2v) is 10.2. The minimum atomic E-state index is 0.0958. The molecule has 2 aliphatic heterocycles.